The van der Waals surface area contributed by atoms with E-state index in [4.69, 9.17) is 27.5 Å². The topological polar surface area (TPSA) is 62.3 Å². The lowest BCUT2D eigenvalue weighted by molar-refractivity contribution is 0.00200. The van der Waals surface area contributed by atoms with Crippen LogP contribution in [0.25, 0.3) is 0 Å². The van der Waals surface area contributed by atoms with Crippen molar-refractivity contribution in [1.29, 1.82) is 5.41 Å². The molecule has 0 aromatic heterocycles. The smallest absolute Gasteiger partial charge is 0.127 e. The van der Waals surface area contributed by atoms with E-state index in [1.807, 2.05) is 4.90 Å². The molecule has 1 aromatic carbocycles. The maximum Gasteiger partial charge on any atom is 0.127 e. The number of nitrogens with one attached hydrogen (secondary N) is 1. The second kappa shape index (κ2) is 5.65. The molecule has 1 atom stereocenters. The van der Waals surface area contributed by atoms with Crippen LogP contribution in [0.4, 0.5) is 4.39 Å². The van der Waals surface area contributed by atoms with Crippen molar-refractivity contribution < 1.29 is 9.13 Å². The average Bonchev–Trinajstić information content (AvgIpc) is 2.34. The summed E-state index contributed by atoms with van der Waals surface area (Å²) in [5.74, 6) is -0.267. The molecule has 0 amide bonds. The van der Waals surface area contributed by atoms with Crippen molar-refractivity contribution in [1.82, 2.24) is 4.90 Å². The highest BCUT2D eigenvalue weighted by atomic mass is 35.5. The molecule has 3 N–H and O–H groups in total. The molecule has 1 fully saturated rings. The molecule has 0 bridgehead atoms. The molecule has 6 heteroatoms. The quantitative estimate of drug-likeness (QED) is 0.649. The van der Waals surface area contributed by atoms with Gasteiger partial charge in [-0.25, -0.2) is 4.39 Å². The molecule has 2 rings (SSSR count). The Bertz CT molecular complexity index is 455. The minimum absolute atomic E-state index is 0.00580. The van der Waals surface area contributed by atoms with Crippen LogP contribution in [-0.2, 0) is 11.3 Å². The van der Waals surface area contributed by atoms with Gasteiger partial charge in [0.2, 0.25) is 0 Å². The van der Waals surface area contributed by atoms with Crippen molar-refractivity contribution >= 4 is 17.4 Å². The van der Waals surface area contributed by atoms with Gasteiger partial charge in [0.15, 0.2) is 0 Å². The van der Waals surface area contributed by atoms with Crippen molar-refractivity contribution in [3.05, 3.63) is 34.6 Å². The lowest BCUT2D eigenvalue weighted by Crippen LogP contribution is -2.47. The van der Waals surface area contributed by atoms with Crippen molar-refractivity contribution in [2.45, 2.75) is 12.6 Å². The van der Waals surface area contributed by atoms with Crippen molar-refractivity contribution in [2.24, 2.45) is 5.73 Å². The van der Waals surface area contributed by atoms with E-state index in [1.165, 1.54) is 12.1 Å². The van der Waals surface area contributed by atoms with Crippen LogP contribution in [0.3, 0.4) is 0 Å². The number of nitrogens with two attached hydrogens (primary N) is 1. The average molecular weight is 272 g/mol. The van der Waals surface area contributed by atoms with Crippen molar-refractivity contribution in [3.8, 4) is 0 Å². The Morgan fingerprint density at radius 3 is 3.11 bits per heavy atom. The number of hydrogen-bond donors (Lipinski definition) is 2. The van der Waals surface area contributed by atoms with Gasteiger partial charge in [-0.05, 0) is 18.2 Å². The zero-order chi connectivity index (χ0) is 13.1. The van der Waals surface area contributed by atoms with Gasteiger partial charge >= 0.3 is 0 Å². The van der Waals surface area contributed by atoms with Crippen LogP contribution in [-0.4, -0.2) is 36.5 Å². The molecule has 1 aromatic rings. The molecular formula is C12H15ClFN3O. The van der Waals surface area contributed by atoms with Crippen LogP contribution in [0, 0.1) is 11.2 Å². The van der Waals surface area contributed by atoms with E-state index in [0.717, 1.165) is 0 Å². The molecular weight excluding hydrogens is 257 g/mol. The predicted molar refractivity (Wildman–Crippen MR) is 68.3 cm³/mol. The van der Waals surface area contributed by atoms with Crippen LogP contribution in [0.1, 0.15) is 5.56 Å². The number of nitrogens with zero attached hydrogens (tertiary/aromatic N) is 1. The van der Waals surface area contributed by atoms with Crippen LogP contribution < -0.4 is 5.73 Å². The van der Waals surface area contributed by atoms with Gasteiger partial charge in [-0.2, -0.15) is 0 Å². The summed E-state index contributed by atoms with van der Waals surface area (Å²) in [7, 11) is 0. The van der Waals surface area contributed by atoms with E-state index < -0.39 is 6.10 Å². The normalized spacial score (nSPS) is 20.9. The molecule has 1 heterocycles. The van der Waals surface area contributed by atoms with Gasteiger partial charge in [-0.15, -0.1) is 0 Å². The van der Waals surface area contributed by atoms with Gasteiger partial charge in [0.25, 0.3) is 0 Å². The van der Waals surface area contributed by atoms with E-state index in [1.54, 1.807) is 6.07 Å². The highest BCUT2D eigenvalue weighted by Crippen LogP contribution is 2.18. The Morgan fingerprint density at radius 2 is 2.39 bits per heavy atom. The predicted octanol–water partition coefficient (Wildman–Crippen LogP) is 1.62. The fraction of sp³-hybridized carbons (Fsp3) is 0.417. The summed E-state index contributed by atoms with van der Waals surface area (Å²) in [6.45, 7) is 2.13. The van der Waals surface area contributed by atoms with Gasteiger partial charge < -0.3 is 10.5 Å². The van der Waals surface area contributed by atoms with Gasteiger partial charge in [-0.1, -0.05) is 11.6 Å². The first-order valence-electron chi connectivity index (χ1n) is 5.68. The summed E-state index contributed by atoms with van der Waals surface area (Å²) in [6, 6.07) is 4.51. The molecule has 18 heavy (non-hydrogen) atoms. The van der Waals surface area contributed by atoms with E-state index >= 15 is 0 Å². The summed E-state index contributed by atoms with van der Waals surface area (Å²) in [5.41, 5.74) is 5.96. The van der Waals surface area contributed by atoms with Crippen LogP contribution in [0.5, 0.6) is 0 Å². The molecule has 0 spiro atoms. The van der Waals surface area contributed by atoms with Crippen LogP contribution in [0.2, 0.25) is 5.02 Å². The standard InChI is InChI=1S/C12H15ClFN3O/c13-9-1-2-10(14)8(5-9)6-17-3-4-18-11(7-17)12(15)16/h1-2,5,11H,3-4,6-7H2,(H3,15,16). The van der Waals surface area contributed by atoms with Gasteiger partial charge in [0.1, 0.15) is 17.8 Å². The third-order valence-electron chi connectivity index (χ3n) is 2.90. The van der Waals surface area contributed by atoms with Crippen molar-refractivity contribution in [3.63, 3.8) is 0 Å². The molecule has 0 aliphatic carbocycles. The third kappa shape index (κ3) is 3.19. The number of hydrogen-bond acceptors (Lipinski definition) is 3. The lowest BCUT2D eigenvalue weighted by atomic mass is 10.1. The van der Waals surface area contributed by atoms with Crippen LogP contribution in [0.15, 0.2) is 18.2 Å². The molecule has 1 saturated heterocycles. The minimum atomic E-state index is -0.402. The highest BCUT2D eigenvalue weighted by molar-refractivity contribution is 6.30. The summed E-state index contributed by atoms with van der Waals surface area (Å²) in [4.78, 5) is 2.00. The number of halogens is 2. The largest absolute Gasteiger partial charge is 0.385 e. The highest BCUT2D eigenvalue weighted by Gasteiger charge is 2.23. The van der Waals surface area contributed by atoms with E-state index in [-0.39, 0.29) is 11.7 Å². The SMILES string of the molecule is N=C(N)C1CN(Cc2cc(Cl)ccc2F)CCO1. The molecule has 1 aliphatic rings. The third-order valence-corrected chi connectivity index (χ3v) is 3.13. The molecule has 98 valence electrons. The number of rotatable bonds is 3. The first-order valence-corrected chi connectivity index (χ1v) is 6.06. The van der Waals surface area contributed by atoms with Gasteiger partial charge in [0, 0.05) is 30.2 Å². The maximum atomic E-state index is 13.6. The molecule has 4 nitrogen and oxygen atoms in total. The second-order valence-electron chi connectivity index (χ2n) is 4.29. The summed E-state index contributed by atoms with van der Waals surface area (Å²) in [5, 5.41) is 7.88. The molecule has 0 saturated carbocycles. The van der Waals surface area contributed by atoms with E-state index in [2.05, 4.69) is 0 Å². The fourth-order valence-corrected chi connectivity index (χ4v) is 2.13. The Hall–Kier alpha value is -1.17. The number of benzene rings is 1. The zero-order valence-electron chi connectivity index (χ0n) is 9.83. The number of ether oxygens (including phenoxy) is 1. The summed E-state index contributed by atoms with van der Waals surface area (Å²) < 4.78 is 18.9. The Kier molecular flexibility index (Phi) is 4.16. The molecule has 0 radical (unpaired) electrons. The number of morpholine rings is 1. The number of amidine groups is 1. The minimum Gasteiger partial charge on any atom is -0.385 e. The maximum absolute atomic E-state index is 13.6. The zero-order valence-corrected chi connectivity index (χ0v) is 10.6. The monoisotopic (exact) mass is 271 g/mol. The second-order valence-corrected chi connectivity index (χ2v) is 4.72. The summed E-state index contributed by atoms with van der Waals surface area (Å²) >= 11 is 5.85. The Morgan fingerprint density at radius 1 is 1.61 bits per heavy atom. The van der Waals surface area contributed by atoms with Crippen molar-refractivity contribution in [2.75, 3.05) is 19.7 Å². The lowest BCUT2D eigenvalue weighted by Gasteiger charge is -2.32. The summed E-state index contributed by atoms with van der Waals surface area (Å²) in [6.07, 6.45) is -0.402. The van der Waals surface area contributed by atoms with Gasteiger partial charge in [-0.3, -0.25) is 10.3 Å². The molecule has 1 unspecified atom stereocenters. The van der Waals surface area contributed by atoms with E-state index in [9.17, 15) is 4.39 Å². The molecule has 1 aliphatic heterocycles. The fourth-order valence-electron chi connectivity index (χ4n) is 1.94. The Balaban J connectivity index is 2.04. The Labute approximate surface area is 110 Å². The van der Waals surface area contributed by atoms with E-state index in [0.29, 0.717) is 36.8 Å². The van der Waals surface area contributed by atoms with Gasteiger partial charge in [0.05, 0.1) is 6.61 Å². The van der Waals surface area contributed by atoms with Crippen LogP contribution >= 0.6 is 11.6 Å². The first kappa shape index (κ1) is 13.3. The first-order chi connectivity index (χ1) is 8.56.